The highest BCUT2D eigenvalue weighted by Crippen LogP contribution is 2.07. The lowest BCUT2D eigenvalue weighted by Gasteiger charge is -2.20. The molecule has 2 atom stereocenters. The Hall–Kier alpha value is -2.57. The number of carboxylic acid groups (broad SMARTS) is 1. The van der Waals surface area contributed by atoms with E-state index in [1.807, 2.05) is 37.3 Å². The summed E-state index contributed by atoms with van der Waals surface area (Å²) in [5.41, 5.74) is 0.829. The van der Waals surface area contributed by atoms with Crippen molar-refractivity contribution < 1.29 is 24.2 Å². The molecule has 0 fully saturated rings. The number of hydrogen-bond acceptors (Lipinski definition) is 4. The minimum Gasteiger partial charge on any atom is -0.480 e. The first-order valence-corrected chi connectivity index (χ1v) is 7.40. The van der Waals surface area contributed by atoms with Crippen molar-refractivity contribution in [3.8, 4) is 0 Å². The monoisotopic (exact) mass is 322 g/mol. The van der Waals surface area contributed by atoms with E-state index in [1.54, 1.807) is 6.92 Å². The molecule has 0 unspecified atom stereocenters. The summed E-state index contributed by atoms with van der Waals surface area (Å²) >= 11 is 0. The molecule has 1 aromatic rings. The number of carbonyl (C=O) groups excluding carboxylic acids is 2. The summed E-state index contributed by atoms with van der Waals surface area (Å²) in [6.45, 7) is 3.33. The molecule has 0 bridgehead atoms. The van der Waals surface area contributed by atoms with Gasteiger partial charge in [-0.15, -0.1) is 0 Å². The lowest BCUT2D eigenvalue weighted by molar-refractivity contribution is -0.143. The van der Waals surface area contributed by atoms with Crippen LogP contribution in [0.5, 0.6) is 0 Å². The maximum absolute atomic E-state index is 11.7. The third kappa shape index (κ3) is 6.82. The van der Waals surface area contributed by atoms with Crippen molar-refractivity contribution in [1.29, 1.82) is 0 Å². The minimum absolute atomic E-state index is 0.0961. The van der Waals surface area contributed by atoms with Crippen LogP contribution in [-0.2, 0) is 20.9 Å². The van der Waals surface area contributed by atoms with Crippen molar-refractivity contribution >= 4 is 18.0 Å². The quantitative estimate of drug-likeness (QED) is 0.673. The van der Waals surface area contributed by atoms with Crippen LogP contribution in [0.25, 0.3) is 0 Å². The van der Waals surface area contributed by atoms with Gasteiger partial charge in [0.2, 0.25) is 5.91 Å². The molecule has 0 aliphatic heterocycles. The minimum atomic E-state index is -1.10. The van der Waals surface area contributed by atoms with E-state index in [0.29, 0.717) is 6.42 Å². The predicted molar refractivity (Wildman–Crippen MR) is 83.7 cm³/mol. The van der Waals surface area contributed by atoms with Crippen LogP contribution in [0, 0.1) is 5.92 Å². The molecular formula is C16H22N2O5. The average molecular weight is 322 g/mol. The molecule has 0 aromatic heterocycles. The van der Waals surface area contributed by atoms with Crippen LogP contribution in [0.1, 0.15) is 25.8 Å². The van der Waals surface area contributed by atoms with Gasteiger partial charge < -0.3 is 20.5 Å². The van der Waals surface area contributed by atoms with Gasteiger partial charge in [0.05, 0.1) is 0 Å². The molecular weight excluding hydrogens is 300 g/mol. The van der Waals surface area contributed by atoms with Crippen molar-refractivity contribution in [2.45, 2.75) is 32.9 Å². The zero-order chi connectivity index (χ0) is 17.2. The molecule has 1 rings (SSSR count). The zero-order valence-electron chi connectivity index (χ0n) is 13.2. The van der Waals surface area contributed by atoms with Crippen LogP contribution in [0.3, 0.4) is 0 Å². The molecule has 0 saturated carbocycles. The number of carbonyl (C=O) groups is 3. The Morgan fingerprint density at radius 1 is 1.22 bits per heavy atom. The van der Waals surface area contributed by atoms with Gasteiger partial charge >= 0.3 is 12.1 Å². The largest absolute Gasteiger partial charge is 0.480 e. The number of benzene rings is 1. The van der Waals surface area contributed by atoms with Gasteiger partial charge in [0, 0.05) is 0 Å². The van der Waals surface area contributed by atoms with Crippen LogP contribution >= 0.6 is 0 Å². The summed E-state index contributed by atoms with van der Waals surface area (Å²) in [5, 5.41) is 13.8. The molecule has 1 aromatic carbocycles. The highest BCUT2D eigenvalue weighted by Gasteiger charge is 2.25. The smallest absolute Gasteiger partial charge is 0.407 e. The maximum atomic E-state index is 11.7. The Labute approximate surface area is 135 Å². The third-order valence-electron chi connectivity index (χ3n) is 3.40. The third-order valence-corrected chi connectivity index (χ3v) is 3.40. The molecule has 0 spiro atoms. The molecule has 23 heavy (non-hydrogen) atoms. The Bertz CT molecular complexity index is 533. The molecule has 2 amide bonds. The molecule has 3 N–H and O–H groups in total. The number of ether oxygens (including phenoxy) is 1. The normalized spacial score (nSPS) is 12.8. The van der Waals surface area contributed by atoms with E-state index in [1.165, 1.54) is 0 Å². The molecule has 0 aliphatic rings. The second kappa shape index (κ2) is 9.45. The van der Waals surface area contributed by atoms with Crippen molar-refractivity contribution in [2.24, 2.45) is 5.92 Å². The fourth-order valence-electron chi connectivity index (χ4n) is 1.83. The SMILES string of the molecule is CC[C@@H](C)[C@H](NC(=O)CNC(=O)OCc1ccccc1)C(=O)O. The van der Waals surface area contributed by atoms with Gasteiger partial charge in [-0.2, -0.15) is 0 Å². The molecule has 0 heterocycles. The Balaban J connectivity index is 2.34. The second-order valence-corrected chi connectivity index (χ2v) is 5.18. The highest BCUT2D eigenvalue weighted by atomic mass is 16.5. The van der Waals surface area contributed by atoms with Gasteiger partial charge in [0.1, 0.15) is 19.2 Å². The molecule has 7 heteroatoms. The van der Waals surface area contributed by atoms with Crippen LogP contribution in [-0.4, -0.2) is 35.7 Å². The number of hydrogen-bond donors (Lipinski definition) is 3. The number of amides is 2. The first-order chi connectivity index (χ1) is 10.9. The molecule has 0 aliphatic carbocycles. The van der Waals surface area contributed by atoms with Gasteiger partial charge in [0.25, 0.3) is 0 Å². The van der Waals surface area contributed by atoms with Gasteiger partial charge in [-0.25, -0.2) is 9.59 Å². The second-order valence-electron chi connectivity index (χ2n) is 5.18. The predicted octanol–water partition coefficient (Wildman–Crippen LogP) is 1.53. The summed E-state index contributed by atoms with van der Waals surface area (Å²) in [5.74, 6) is -1.88. The number of carboxylic acids is 1. The Kier molecular flexibility index (Phi) is 7.59. The summed E-state index contributed by atoms with van der Waals surface area (Å²) in [4.78, 5) is 34.3. The van der Waals surface area contributed by atoms with E-state index < -0.39 is 24.0 Å². The fourth-order valence-corrected chi connectivity index (χ4v) is 1.83. The zero-order valence-corrected chi connectivity index (χ0v) is 13.2. The van der Waals surface area contributed by atoms with E-state index in [0.717, 1.165) is 5.56 Å². The number of nitrogens with one attached hydrogen (secondary N) is 2. The van der Waals surface area contributed by atoms with Crippen LogP contribution < -0.4 is 10.6 Å². The average Bonchev–Trinajstić information content (AvgIpc) is 2.55. The van der Waals surface area contributed by atoms with Crippen LogP contribution in [0.4, 0.5) is 4.79 Å². The van der Waals surface area contributed by atoms with Crippen LogP contribution in [0.2, 0.25) is 0 Å². The lowest BCUT2D eigenvalue weighted by atomic mass is 9.99. The molecule has 126 valence electrons. The van der Waals surface area contributed by atoms with Gasteiger partial charge in [0.15, 0.2) is 0 Å². The topological polar surface area (TPSA) is 105 Å². The van der Waals surface area contributed by atoms with Crippen molar-refractivity contribution in [3.05, 3.63) is 35.9 Å². The number of rotatable bonds is 8. The van der Waals surface area contributed by atoms with E-state index in [4.69, 9.17) is 9.84 Å². The summed E-state index contributed by atoms with van der Waals surface area (Å²) in [6, 6.07) is 8.14. The number of aliphatic carboxylic acids is 1. The highest BCUT2D eigenvalue weighted by molar-refractivity contribution is 5.86. The Morgan fingerprint density at radius 2 is 1.87 bits per heavy atom. The fraction of sp³-hybridized carbons (Fsp3) is 0.438. The van der Waals surface area contributed by atoms with Crippen molar-refractivity contribution in [3.63, 3.8) is 0 Å². The van der Waals surface area contributed by atoms with E-state index >= 15 is 0 Å². The van der Waals surface area contributed by atoms with E-state index in [2.05, 4.69) is 10.6 Å². The van der Waals surface area contributed by atoms with Crippen LogP contribution in [0.15, 0.2) is 30.3 Å². The standard InChI is InChI=1S/C16H22N2O5/c1-3-11(2)14(15(20)21)18-13(19)9-17-16(22)23-10-12-7-5-4-6-8-12/h4-8,11,14H,3,9-10H2,1-2H3,(H,17,22)(H,18,19)(H,20,21)/t11-,14+/m1/s1. The summed E-state index contributed by atoms with van der Waals surface area (Å²) < 4.78 is 4.95. The summed E-state index contributed by atoms with van der Waals surface area (Å²) in [7, 11) is 0. The van der Waals surface area contributed by atoms with Gasteiger partial charge in [-0.3, -0.25) is 4.79 Å². The van der Waals surface area contributed by atoms with Gasteiger partial charge in [-0.05, 0) is 11.5 Å². The maximum Gasteiger partial charge on any atom is 0.407 e. The first kappa shape index (κ1) is 18.5. The van der Waals surface area contributed by atoms with E-state index in [9.17, 15) is 14.4 Å². The lowest BCUT2D eigenvalue weighted by Crippen LogP contribution is -2.48. The molecule has 0 radical (unpaired) electrons. The van der Waals surface area contributed by atoms with Crippen molar-refractivity contribution in [2.75, 3.05) is 6.54 Å². The van der Waals surface area contributed by atoms with E-state index in [-0.39, 0.29) is 19.1 Å². The number of alkyl carbamates (subject to hydrolysis) is 1. The van der Waals surface area contributed by atoms with Gasteiger partial charge in [-0.1, -0.05) is 50.6 Å². The first-order valence-electron chi connectivity index (χ1n) is 7.40. The molecule has 0 saturated heterocycles. The molecule has 7 nitrogen and oxygen atoms in total. The van der Waals surface area contributed by atoms with Crippen molar-refractivity contribution in [1.82, 2.24) is 10.6 Å². The summed E-state index contributed by atoms with van der Waals surface area (Å²) in [6.07, 6.45) is -0.122. The Morgan fingerprint density at radius 3 is 2.43 bits per heavy atom.